The van der Waals surface area contributed by atoms with E-state index in [1.54, 1.807) is 31.4 Å². The van der Waals surface area contributed by atoms with E-state index in [0.29, 0.717) is 0 Å². The quantitative estimate of drug-likeness (QED) is 0.713. The van der Waals surface area contributed by atoms with Crippen molar-refractivity contribution in [2.24, 2.45) is 0 Å². The molecule has 1 atom stereocenters. The third kappa shape index (κ3) is 2.51. The molecule has 1 rings (SSSR count). The average molecular weight is 183 g/mol. The predicted octanol–water partition coefficient (Wildman–Crippen LogP) is 2.10. The highest BCUT2D eigenvalue weighted by atomic mass is 31.0. The van der Waals surface area contributed by atoms with Gasteiger partial charge in [-0.05, 0) is 33.5 Å². The first-order valence-corrected chi connectivity index (χ1v) is 4.00. The van der Waals surface area contributed by atoms with Gasteiger partial charge in [-0.1, -0.05) is 0 Å². The number of anilines is 1. The van der Waals surface area contributed by atoms with Crippen molar-refractivity contribution in [3.8, 4) is 5.75 Å². The average Bonchev–Trinajstić information content (AvgIpc) is 2.05. The van der Waals surface area contributed by atoms with Gasteiger partial charge in [-0.25, -0.2) is 0 Å². The lowest BCUT2D eigenvalue weighted by atomic mass is 10.3. The molecule has 0 aliphatic rings. The standard InChI is InChI=1S/C8H10NO2P/c1-11-7-4-2-6(3-5-7)9-8(10)12/h2-5H,12H2,1H3,(H,9,10). The molecule has 1 amide bonds. The molecule has 1 aromatic carbocycles. The summed E-state index contributed by atoms with van der Waals surface area (Å²) in [7, 11) is 3.65. The lowest BCUT2D eigenvalue weighted by Crippen LogP contribution is -1.99. The highest BCUT2D eigenvalue weighted by Crippen LogP contribution is 2.15. The number of methoxy groups -OCH3 is 1. The Bertz CT molecular complexity index is 271. The van der Waals surface area contributed by atoms with Crippen LogP contribution in [0, 0.1) is 0 Å². The number of nitrogens with one attached hydrogen (secondary N) is 1. The summed E-state index contributed by atoms with van der Waals surface area (Å²) in [6.07, 6.45) is 0. The molecule has 0 saturated heterocycles. The third-order valence-electron chi connectivity index (χ3n) is 1.36. The molecule has 4 heteroatoms. The van der Waals surface area contributed by atoms with Crippen LogP contribution in [0.1, 0.15) is 0 Å². The summed E-state index contributed by atoms with van der Waals surface area (Å²) in [5.41, 5.74) is 0.607. The fourth-order valence-electron chi connectivity index (χ4n) is 0.817. The van der Waals surface area contributed by atoms with Gasteiger partial charge in [-0.15, -0.1) is 0 Å². The van der Waals surface area contributed by atoms with Gasteiger partial charge in [0.1, 0.15) is 5.75 Å². The molecule has 0 radical (unpaired) electrons. The Balaban J connectivity index is 2.71. The van der Waals surface area contributed by atoms with Crippen molar-refractivity contribution in [2.45, 2.75) is 0 Å². The van der Waals surface area contributed by atoms with E-state index >= 15 is 0 Å². The molecule has 1 N–H and O–H groups in total. The zero-order chi connectivity index (χ0) is 8.97. The lowest BCUT2D eigenvalue weighted by molar-refractivity contribution is 0.269. The predicted molar refractivity (Wildman–Crippen MR) is 51.7 cm³/mol. The van der Waals surface area contributed by atoms with Crippen molar-refractivity contribution >= 4 is 20.6 Å². The minimum atomic E-state index is -0.153. The molecule has 64 valence electrons. The van der Waals surface area contributed by atoms with E-state index in [4.69, 9.17) is 4.74 Å². The summed E-state index contributed by atoms with van der Waals surface area (Å²) in [5, 5.41) is 2.62. The molecule has 0 spiro atoms. The summed E-state index contributed by atoms with van der Waals surface area (Å²) in [4.78, 5) is 10.6. The van der Waals surface area contributed by atoms with Crippen LogP contribution in [0.3, 0.4) is 0 Å². The summed E-state index contributed by atoms with van der Waals surface area (Å²) < 4.78 is 4.96. The van der Waals surface area contributed by atoms with Crippen LogP contribution in [0.4, 0.5) is 10.5 Å². The van der Waals surface area contributed by atoms with Crippen molar-refractivity contribution in [2.75, 3.05) is 12.4 Å². The van der Waals surface area contributed by atoms with Crippen molar-refractivity contribution in [3.05, 3.63) is 24.3 Å². The van der Waals surface area contributed by atoms with Gasteiger partial charge < -0.3 is 10.1 Å². The fourth-order valence-corrected chi connectivity index (χ4v) is 0.983. The van der Waals surface area contributed by atoms with Crippen LogP contribution in [0.5, 0.6) is 5.75 Å². The monoisotopic (exact) mass is 183 g/mol. The molecule has 12 heavy (non-hydrogen) atoms. The first-order chi connectivity index (χ1) is 5.72. The molecular weight excluding hydrogens is 173 g/mol. The molecule has 1 aromatic rings. The van der Waals surface area contributed by atoms with Gasteiger partial charge >= 0.3 is 0 Å². The molecular formula is C8H10NO2P. The maximum Gasteiger partial charge on any atom is 0.239 e. The zero-order valence-corrected chi connectivity index (χ0v) is 7.86. The Labute approximate surface area is 73.3 Å². The molecule has 1 unspecified atom stereocenters. The Morgan fingerprint density at radius 2 is 2.00 bits per heavy atom. The smallest absolute Gasteiger partial charge is 0.239 e. The number of rotatable bonds is 2. The first kappa shape index (κ1) is 9.01. The van der Waals surface area contributed by atoms with E-state index < -0.39 is 0 Å². The van der Waals surface area contributed by atoms with Crippen molar-refractivity contribution < 1.29 is 9.53 Å². The minimum absolute atomic E-state index is 0.153. The van der Waals surface area contributed by atoms with Gasteiger partial charge in [0.2, 0.25) is 5.65 Å². The summed E-state index contributed by atoms with van der Waals surface area (Å²) in [6.45, 7) is 0. The van der Waals surface area contributed by atoms with Crippen molar-refractivity contribution in [3.63, 3.8) is 0 Å². The molecule has 0 fully saturated rings. The van der Waals surface area contributed by atoms with Crippen LogP contribution in [0.15, 0.2) is 24.3 Å². The van der Waals surface area contributed by atoms with Gasteiger partial charge in [0.15, 0.2) is 0 Å². The molecule has 0 heterocycles. The van der Waals surface area contributed by atoms with Crippen LogP contribution in [-0.2, 0) is 0 Å². The number of benzene rings is 1. The fraction of sp³-hybridized carbons (Fsp3) is 0.125. The summed E-state index contributed by atoms with van der Waals surface area (Å²) >= 11 is 0. The second-order valence-corrected chi connectivity index (χ2v) is 2.74. The maximum atomic E-state index is 10.6. The SMILES string of the molecule is COc1ccc(NC(=O)P)cc1. The van der Waals surface area contributed by atoms with Crippen molar-refractivity contribution in [1.29, 1.82) is 0 Å². The van der Waals surface area contributed by atoms with Gasteiger partial charge in [-0.2, -0.15) is 0 Å². The van der Waals surface area contributed by atoms with Gasteiger partial charge in [0, 0.05) is 5.69 Å². The topological polar surface area (TPSA) is 38.3 Å². The van der Waals surface area contributed by atoms with Crippen LogP contribution in [0.2, 0.25) is 0 Å². The van der Waals surface area contributed by atoms with E-state index in [1.165, 1.54) is 0 Å². The Hall–Kier alpha value is -1.08. The molecule has 0 bridgehead atoms. The highest BCUT2D eigenvalue weighted by molar-refractivity contribution is 7.40. The molecule has 0 saturated carbocycles. The summed E-state index contributed by atoms with van der Waals surface area (Å²) in [5.74, 6) is 0.775. The number of carbonyl (C=O) groups is 1. The minimum Gasteiger partial charge on any atom is -0.497 e. The van der Waals surface area contributed by atoms with Crippen LogP contribution >= 0.6 is 9.24 Å². The molecule has 0 aliphatic heterocycles. The van der Waals surface area contributed by atoms with E-state index in [1.807, 2.05) is 9.24 Å². The van der Waals surface area contributed by atoms with Crippen LogP contribution < -0.4 is 10.1 Å². The number of ether oxygens (including phenoxy) is 1. The van der Waals surface area contributed by atoms with Crippen LogP contribution in [-0.4, -0.2) is 12.8 Å². The molecule has 0 aromatic heterocycles. The van der Waals surface area contributed by atoms with Gasteiger partial charge in [0.05, 0.1) is 7.11 Å². The maximum absolute atomic E-state index is 10.6. The number of amides is 1. The number of hydrogen-bond acceptors (Lipinski definition) is 2. The van der Waals surface area contributed by atoms with Gasteiger partial charge in [-0.3, -0.25) is 4.79 Å². The van der Waals surface area contributed by atoms with Crippen molar-refractivity contribution in [1.82, 2.24) is 0 Å². The van der Waals surface area contributed by atoms with E-state index in [9.17, 15) is 4.79 Å². The van der Waals surface area contributed by atoms with Crippen LogP contribution in [0.25, 0.3) is 0 Å². The number of hydrogen-bond donors (Lipinski definition) is 1. The normalized spacial score (nSPS) is 9.17. The molecule has 0 aliphatic carbocycles. The highest BCUT2D eigenvalue weighted by Gasteiger charge is 1.94. The van der Waals surface area contributed by atoms with E-state index in [0.717, 1.165) is 11.4 Å². The zero-order valence-electron chi connectivity index (χ0n) is 6.70. The Morgan fingerprint density at radius 3 is 2.42 bits per heavy atom. The second-order valence-electron chi connectivity index (χ2n) is 2.22. The van der Waals surface area contributed by atoms with E-state index in [-0.39, 0.29) is 5.65 Å². The number of carbonyl (C=O) groups excluding carboxylic acids is 1. The molecule has 3 nitrogen and oxygen atoms in total. The van der Waals surface area contributed by atoms with Gasteiger partial charge in [0.25, 0.3) is 0 Å². The second kappa shape index (κ2) is 4.07. The Morgan fingerprint density at radius 1 is 1.42 bits per heavy atom. The Kier molecular flexibility index (Phi) is 3.06. The van der Waals surface area contributed by atoms with E-state index in [2.05, 4.69) is 5.32 Å². The third-order valence-corrected chi connectivity index (χ3v) is 1.50. The summed E-state index contributed by atoms with van der Waals surface area (Å²) in [6, 6.07) is 7.13. The first-order valence-electron chi connectivity index (χ1n) is 3.43. The largest absolute Gasteiger partial charge is 0.497 e. The lowest BCUT2D eigenvalue weighted by Gasteiger charge is -2.02.